The molecule has 1 heterocycles. The van der Waals surface area contributed by atoms with Crippen molar-refractivity contribution in [3.8, 4) is 0 Å². The highest BCUT2D eigenvalue weighted by atomic mass is 16.2. The minimum atomic E-state index is -0.238. The first-order valence-electron chi connectivity index (χ1n) is 7.08. The van der Waals surface area contributed by atoms with E-state index in [-0.39, 0.29) is 18.0 Å². The smallest absolute Gasteiger partial charge is 0.319 e. The van der Waals surface area contributed by atoms with E-state index in [0.29, 0.717) is 18.7 Å². The summed E-state index contributed by atoms with van der Waals surface area (Å²) in [6, 6.07) is 7.29. The van der Waals surface area contributed by atoms with Crippen molar-refractivity contribution in [2.45, 2.75) is 39.2 Å². The van der Waals surface area contributed by atoms with Gasteiger partial charge in [-0.05, 0) is 31.9 Å². The number of carbonyl (C=O) groups excluding carboxylic acids is 2. The van der Waals surface area contributed by atoms with E-state index in [2.05, 4.69) is 10.6 Å². The highest BCUT2D eigenvalue weighted by molar-refractivity contribution is 6.01. The summed E-state index contributed by atoms with van der Waals surface area (Å²) in [5.74, 6) is 0.113. The van der Waals surface area contributed by atoms with Gasteiger partial charge in [0, 0.05) is 19.0 Å². The molecule has 5 nitrogen and oxygen atoms in total. The number of nitrogens with one attached hydrogen (secondary N) is 2. The highest BCUT2D eigenvalue weighted by Gasteiger charge is 2.24. The number of anilines is 2. The predicted octanol–water partition coefficient (Wildman–Crippen LogP) is 2.73. The molecule has 1 aliphatic rings. The van der Waals surface area contributed by atoms with E-state index in [1.54, 1.807) is 4.90 Å². The number of amides is 3. The second-order valence-corrected chi connectivity index (χ2v) is 5.07. The maximum absolute atomic E-state index is 11.9. The molecule has 0 aromatic heterocycles. The number of hydrogen-bond acceptors (Lipinski definition) is 2. The largest absolute Gasteiger partial charge is 0.335 e. The number of hydrogen-bond donors (Lipinski definition) is 2. The van der Waals surface area contributed by atoms with Crippen molar-refractivity contribution >= 4 is 23.3 Å². The van der Waals surface area contributed by atoms with Gasteiger partial charge in [0.05, 0.1) is 11.4 Å². The quantitative estimate of drug-likeness (QED) is 0.887. The minimum Gasteiger partial charge on any atom is -0.335 e. The lowest BCUT2D eigenvalue weighted by atomic mass is 10.2. The number of rotatable bonds is 4. The van der Waals surface area contributed by atoms with Crippen molar-refractivity contribution in [2.75, 3.05) is 16.8 Å². The van der Waals surface area contributed by atoms with E-state index in [1.807, 2.05) is 38.1 Å². The maximum atomic E-state index is 11.9. The molecule has 0 unspecified atom stereocenters. The van der Waals surface area contributed by atoms with Crippen LogP contribution in [0.2, 0.25) is 0 Å². The molecule has 3 amide bonds. The fourth-order valence-electron chi connectivity index (χ4n) is 2.20. The monoisotopic (exact) mass is 275 g/mol. The molecule has 2 N–H and O–H groups in total. The molecular weight excluding hydrogens is 254 g/mol. The lowest BCUT2D eigenvalue weighted by molar-refractivity contribution is -0.117. The van der Waals surface area contributed by atoms with Gasteiger partial charge in [-0.3, -0.25) is 4.79 Å². The topological polar surface area (TPSA) is 61.4 Å². The number of urea groups is 1. The van der Waals surface area contributed by atoms with Crippen LogP contribution in [0.4, 0.5) is 16.2 Å². The number of para-hydroxylation sites is 2. The second kappa shape index (κ2) is 6.41. The molecule has 1 saturated heterocycles. The van der Waals surface area contributed by atoms with E-state index in [0.717, 1.165) is 18.5 Å². The summed E-state index contributed by atoms with van der Waals surface area (Å²) in [5, 5.41) is 5.68. The Morgan fingerprint density at radius 2 is 2.15 bits per heavy atom. The zero-order valence-electron chi connectivity index (χ0n) is 12.0. The van der Waals surface area contributed by atoms with Gasteiger partial charge in [-0.15, -0.1) is 0 Å². The molecule has 1 aliphatic heterocycles. The van der Waals surface area contributed by atoms with Gasteiger partial charge in [0.15, 0.2) is 0 Å². The number of benzene rings is 1. The molecule has 1 aromatic rings. The van der Waals surface area contributed by atoms with Crippen molar-refractivity contribution in [3.05, 3.63) is 24.3 Å². The van der Waals surface area contributed by atoms with Gasteiger partial charge in [-0.1, -0.05) is 19.1 Å². The Morgan fingerprint density at radius 3 is 2.80 bits per heavy atom. The Hall–Kier alpha value is -2.04. The van der Waals surface area contributed by atoms with Crippen molar-refractivity contribution in [3.63, 3.8) is 0 Å². The van der Waals surface area contributed by atoms with Gasteiger partial charge >= 0.3 is 6.03 Å². The van der Waals surface area contributed by atoms with Gasteiger partial charge in [0.2, 0.25) is 5.91 Å². The lowest BCUT2D eigenvalue weighted by Crippen LogP contribution is -2.36. The van der Waals surface area contributed by atoms with Gasteiger partial charge in [0.25, 0.3) is 0 Å². The molecule has 0 saturated carbocycles. The van der Waals surface area contributed by atoms with E-state index in [4.69, 9.17) is 0 Å². The molecular formula is C15H21N3O2. The van der Waals surface area contributed by atoms with Crippen LogP contribution in [-0.2, 0) is 4.79 Å². The molecule has 2 rings (SSSR count). The lowest BCUT2D eigenvalue weighted by Gasteiger charge is -2.20. The van der Waals surface area contributed by atoms with Crippen LogP contribution in [0.25, 0.3) is 0 Å². The minimum absolute atomic E-state index is 0.113. The molecule has 0 aliphatic carbocycles. The molecule has 5 heteroatoms. The second-order valence-electron chi connectivity index (χ2n) is 5.07. The summed E-state index contributed by atoms with van der Waals surface area (Å²) in [4.78, 5) is 25.5. The van der Waals surface area contributed by atoms with Crippen LogP contribution in [0.3, 0.4) is 0 Å². The van der Waals surface area contributed by atoms with Gasteiger partial charge in [-0.2, -0.15) is 0 Å². The fourth-order valence-corrected chi connectivity index (χ4v) is 2.20. The third-order valence-corrected chi connectivity index (χ3v) is 3.51. The Kier molecular flexibility index (Phi) is 4.61. The molecule has 1 atom stereocenters. The molecule has 0 spiro atoms. The van der Waals surface area contributed by atoms with Crippen molar-refractivity contribution in [1.82, 2.24) is 5.32 Å². The van der Waals surface area contributed by atoms with Crippen LogP contribution in [0.1, 0.15) is 33.1 Å². The van der Waals surface area contributed by atoms with E-state index in [9.17, 15) is 9.59 Å². The van der Waals surface area contributed by atoms with Crippen molar-refractivity contribution < 1.29 is 9.59 Å². The third-order valence-electron chi connectivity index (χ3n) is 3.51. The standard InChI is InChI=1S/C15H21N3O2/c1-3-11(2)16-15(20)17-12-7-4-5-8-13(12)18-10-6-9-14(18)19/h4-5,7-8,11H,3,6,9-10H2,1-2H3,(H2,16,17,20)/t11-/m0/s1. The summed E-state index contributed by atoms with van der Waals surface area (Å²) in [6.07, 6.45) is 2.32. The van der Waals surface area contributed by atoms with E-state index >= 15 is 0 Å². The third kappa shape index (κ3) is 3.29. The number of nitrogens with zero attached hydrogens (tertiary/aromatic N) is 1. The van der Waals surface area contributed by atoms with E-state index in [1.165, 1.54) is 0 Å². The summed E-state index contributed by atoms with van der Waals surface area (Å²) in [6.45, 7) is 4.68. The Balaban J connectivity index is 2.12. The molecule has 0 bridgehead atoms. The summed E-state index contributed by atoms with van der Waals surface area (Å²) in [5.41, 5.74) is 1.44. The van der Waals surface area contributed by atoms with Gasteiger partial charge in [0.1, 0.15) is 0 Å². The van der Waals surface area contributed by atoms with Crippen molar-refractivity contribution in [1.29, 1.82) is 0 Å². The van der Waals surface area contributed by atoms with Gasteiger partial charge in [-0.25, -0.2) is 4.79 Å². The molecule has 20 heavy (non-hydrogen) atoms. The summed E-state index contributed by atoms with van der Waals surface area (Å²) in [7, 11) is 0. The average molecular weight is 275 g/mol. The first-order valence-corrected chi connectivity index (χ1v) is 7.08. The van der Waals surface area contributed by atoms with Crippen LogP contribution in [0.15, 0.2) is 24.3 Å². The van der Waals surface area contributed by atoms with Crippen molar-refractivity contribution in [2.24, 2.45) is 0 Å². The Morgan fingerprint density at radius 1 is 1.40 bits per heavy atom. The number of carbonyl (C=O) groups is 2. The van der Waals surface area contributed by atoms with Gasteiger partial charge < -0.3 is 15.5 Å². The zero-order chi connectivity index (χ0) is 14.5. The van der Waals surface area contributed by atoms with Crippen LogP contribution in [0, 0.1) is 0 Å². The Bertz CT molecular complexity index is 502. The van der Waals surface area contributed by atoms with Crippen LogP contribution in [0.5, 0.6) is 0 Å². The summed E-state index contributed by atoms with van der Waals surface area (Å²) >= 11 is 0. The highest BCUT2D eigenvalue weighted by Crippen LogP contribution is 2.29. The molecule has 108 valence electrons. The average Bonchev–Trinajstić information content (AvgIpc) is 2.85. The molecule has 1 fully saturated rings. The normalized spacial score (nSPS) is 16.1. The first kappa shape index (κ1) is 14.4. The van der Waals surface area contributed by atoms with E-state index < -0.39 is 0 Å². The maximum Gasteiger partial charge on any atom is 0.319 e. The van der Waals surface area contributed by atoms with Crippen LogP contribution >= 0.6 is 0 Å². The van der Waals surface area contributed by atoms with Crippen LogP contribution < -0.4 is 15.5 Å². The first-order chi connectivity index (χ1) is 9.61. The van der Waals surface area contributed by atoms with Crippen LogP contribution in [-0.4, -0.2) is 24.5 Å². The predicted molar refractivity (Wildman–Crippen MR) is 79.9 cm³/mol. The Labute approximate surface area is 119 Å². The zero-order valence-corrected chi connectivity index (χ0v) is 12.0. The molecule has 1 aromatic carbocycles. The molecule has 0 radical (unpaired) electrons. The fraction of sp³-hybridized carbons (Fsp3) is 0.467. The summed E-state index contributed by atoms with van der Waals surface area (Å²) < 4.78 is 0. The SMILES string of the molecule is CC[C@H](C)NC(=O)Nc1ccccc1N1CCCC1=O.